The molecule has 2 heterocycles. The number of esters is 1. The average molecular weight is 590 g/mol. The van der Waals surface area contributed by atoms with Gasteiger partial charge >= 0.3 is 5.97 Å². The largest absolute Gasteiger partial charge is 0.618 e. The van der Waals surface area contributed by atoms with Crippen LogP contribution in [0.5, 0.6) is 0 Å². The third-order valence-electron chi connectivity index (χ3n) is 4.94. The Kier molecular flexibility index (Phi) is 7.95. The lowest BCUT2D eigenvalue weighted by atomic mass is 9.90. The summed E-state index contributed by atoms with van der Waals surface area (Å²) in [5.41, 5.74) is 1.17. The van der Waals surface area contributed by atoms with Crippen LogP contribution in [0.2, 0.25) is 5.02 Å². The molecule has 2 aromatic heterocycles. The minimum absolute atomic E-state index is 0.0174. The Balaban J connectivity index is 2.30. The van der Waals surface area contributed by atoms with E-state index in [0.29, 0.717) is 30.9 Å². The number of ether oxygens (including phenoxy) is 1. The zero-order valence-corrected chi connectivity index (χ0v) is 21.5. The molecular formula is C22H21Br2ClFN3O3. The Hall–Kier alpha value is -1.97. The van der Waals surface area contributed by atoms with Gasteiger partial charge in [0.15, 0.2) is 16.6 Å². The molecule has 3 rings (SSSR count). The highest BCUT2D eigenvalue weighted by atomic mass is 79.9. The fourth-order valence-corrected chi connectivity index (χ4v) is 4.89. The van der Waals surface area contributed by atoms with Gasteiger partial charge < -0.3 is 14.5 Å². The maximum Gasteiger partial charge on any atom is 0.358 e. The lowest BCUT2D eigenvalue weighted by molar-refractivity contribution is -0.615. The lowest BCUT2D eigenvalue weighted by Crippen LogP contribution is -2.35. The summed E-state index contributed by atoms with van der Waals surface area (Å²) in [6.07, 6.45) is 1.44. The molecule has 0 aliphatic carbocycles. The van der Waals surface area contributed by atoms with Gasteiger partial charge in [0.05, 0.1) is 27.7 Å². The third kappa shape index (κ3) is 5.00. The normalized spacial score (nSPS) is 12.2. The topological polar surface area (TPSA) is 71.1 Å². The number of carbonyl (C=O) groups excluding carboxylic acids is 1. The number of nitrogens with zero attached hydrogens (tertiary/aromatic N) is 3. The number of hydrogen-bond acceptors (Lipinski definition) is 4. The Morgan fingerprint density at radius 2 is 2.03 bits per heavy atom. The first-order valence-corrected chi connectivity index (χ1v) is 11.9. The summed E-state index contributed by atoms with van der Waals surface area (Å²) in [4.78, 5) is 17.2. The number of halogens is 4. The van der Waals surface area contributed by atoms with Crippen LogP contribution in [0, 0.1) is 11.0 Å². The van der Waals surface area contributed by atoms with Gasteiger partial charge in [-0.25, -0.2) is 14.2 Å². The van der Waals surface area contributed by atoms with Crippen LogP contribution in [-0.2, 0) is 11.2 Å². The maximum absolute atomic E-state index is 14.9. The van der Waals surface area contributed by atoms with Crippen LogP contribution >= 0.6 is 43.5 Å². The summed E-state index contributed by atoms with van der Waals surface area (Å²) in [5, 5.41) is 12.9. The minimum atomic E-state index is -0.714. The first kappa shape index (κ1) is 24.7. The van der Waals surface area contributed by atoms with E-state index in [9.17, 15) is 14.4 Å². The van der Waals surface area contributed by atoms with Crippen LogP contribution in [0.3, 0.4) is 0 Å². The molecule has 0 bridgehead atoms. The first-order chi connectivity index (χ1) is 15.1. The number of benzene rings is 1. The standard InChI is InChI=1S/C22H21Br2ClFN3O3/c1-4-32-21(30)19-20(29(12(2)3)22(24)27-19)15(17-9-8-14(23)11-28(17)31)10-13-6-5-7-16(25)18(13)26/h5-9,11-12,15H,4,10H2,1-3H3. The van der Waals surface area contributed by atoms with Gasteiger partial charge in [-0.3, -0.25) is 0 Å². The van der Waals surface area contributed by atoms with Crippen molar-refractivity contribution in [1.82, 2.24) is 9.55 Å². The fourth-order valence-electron chi connectivity index (χ4n) is 3.60. The summed E-state index contributed by atoms with van der Waals surface area (Å²) in [5.74, 6) is -1.90. The van der Waals surface area contributed by atoms with Crippen LogP contribution in [0.4, 0.5) is 4.39 Å². The van der Waals surface area contributed by atoms with Crippen LogP contribution < -0.4 is 4.73 Å². The summed E-state index contributed by atoms with van der Waals surface area (Å²) >= 11 is 12.7. The zero-order chi connectivity index (χ0) is 23.6. The van der Waals surface area contributed by atoms with Crippen molar-refractivity contribution in [2.45, 2.75) is 39.2 Å². The molecule has 0 saturated carbocycles. The zero-order valence-electron chi connectivity index (χ0n) is 17.6. The Morgan fingerprint density at radius 3 is 2.66 bits per heavy atom. The smallest absolute Gasteiger partial charge is 0.358 e. The molecule has 0 radical (unpaired) electrons. The molecule has 0 spiro atoms. The Morgan fingerprint density at radius 1 is 1.31 bits per heavy atom. The molecule has 1 aromatic carbocycles. The van der Waals surface area contributed by atoms with E-state index in [1.54, 1.807) is 35.8 Å². The van der Waals surface area contributed by atoms with Gasteiger partial charge in [-0.05, 0) is 76.7 Å². The predicted molar refractivity (Wildman–Crippen MR) is 126 cm³/mol. The number of aromatic nitrogens is 3. The second kappa shape index (κ2) is 10.3. The molecule has 170 valence electrons. The second-order valence-electron chi connectivity index (χ2n) is 7.37. The average Bonchev–Trinajstić information content (AvgIpc) is 3.07. The van der Waals surface area contributed by atoms with Crippen molar-refractivity contribution in [2.24, 2.45) is 0 Å². The number of carbonyl (C=O) groups is 1. The van der Waals surface area contributed by atoms with Gasteiger partial charge in [-0.15, -0.1) is 0 Å². The number of rotatable bonds is 7. The summed E-state index contributed by atoms with van der Waals surface area (Å²) in [7, 11) is 0. The van der Waals surface area contributed by atoms with Crippen molar-refractivity contribution >= 4 is 49.4 Å². The van der Waals surface area contributed by atoms with Crippen LogP contribution in [-0.4, -0.2) is 22.1 Å². The van der Waals surface area contributed by atoms with E-state index in [1.165, 1.54) is 12.3 Å². The van der Waals surface area contributed by atoms with Crippen LogP contribution in [0.25, 0.3) is 0 Å². The van der Waals surface area contributed by atoms with E-state index < -0.39 is 17.7 Å². The lowest BCUT2D eigenvalue weighted by Gasteiger charge is -2.22. The van der Waals surface area contributed by atoms with Crippen molar-refractivity contribution < 1.29 is 18.7 Å². The number of hydrogen-bond donors (Lipinski definition) is 0. The van der Waals surface area contributed by atoms with E-state index in [0.717, 1.165) is 0 Å². The molecule has 1 unspecified atom stereocenters. The van der Waals surface area contributed by atoms with Crippen LogP contribution in [0.15, 0.2) is 45.7 Å². The monoisotopic (exact) mass is 587 g/mol. The molecule has 0 fully saturated rings. The summed E-state index contributed by atoms with van der Waals surface area (Å²) in [6, 6.07) is 7.97. The molecule has 32 heavy (non-hydrogen) atoms. The molecule has 10 heteroatoms. The van der Waals surface area contributed by atoms with Crippen molar-refractivity contribution in [3.63, 3.8) is 0 Å². The third-order valence-corrected chi connectivity index (χ3v) is 6.26. The van der Waals surface area contributed by atoms with Gasteiger partial charge in [-0.1, -0.05) is 23.7 Å². The first-order valence-electron chi connectivity index (χ1n) is 9.91. The number of imidazole rings is 1. The fraction of sp³-hybridized carbons (Fsp3) is 0.318. The van der Waals surface area contributed by atoms with Crippen LogP contribution in [0.1, 0.15) is 60.2 Å². The SMILES string of the molecule is CCOC(=O)c1nc(Br)n(C(C)C)c1C(Cc1cccc(Cl)c1F)c1ccc(Br)c[n+]1[O-]. The van der Waals surface area contributed by atoms with Crippen molar-refractivity contribution in [2.75, 3.05) is 6.61 Å². The molecule has 1 atom stereocenters. The molecule has 0 saturated heterocycles. The second-order valence-corrected chi connectivity index (χ2v) is 9.40. The Bertz CT molecular complexity index is 1150. The molecule has 0 N–H and O–H groups in total. The quantitative estimate of drug-likeness (QED) is 0.194. The highest BCUT2D eigenvalue weighted by Gasteiger charge is 2.35. The van der Waals surface area contributed by atoms with Crippen molar-refractivity contribution in [3.05, 3.63) is 84.4 Å². The van der Waals surface area contributed by atoms with E-state index >= 15 is 0 Å². The van der Waals surface area contributed by atoms with Gasteiger partial charge in [0.2, 0.25) is 5.69 Å². The Labute approximate surface area is 207 Å². The highest BCUT2D eigenvalue weighted by molar-refractivity contribution is 9.10. The van der Waals surface area contributed by atoms with Crippen molar-refractivity contribution in [3.8, 4) is 0 Å². The van der Waals surface area contributed by atoms with E-state index in [2.05, 4.69) is 36.8 Å². The van der Waals surface area contributed by atoms with Gasteiger partial charge in [0.1, 0.15) is 5.82 Å². The maximum atomic E-state index is 14.9. The minimum Gasteiger partial charge on any atom is -0.618 e. The van der Waals surface area contributed by atoms with Gasteiger partial charge in [0, 0.05) is 12.1 Å². The van der Waals surface area contributed by atoms with Gasteiger partial charge in [0.25, 0.3) is 0 Å². The van der Waals surface area contributed by atoms with E-state index in [4.69, 9.17) is 16.3 Å². The molecular weight excluding hydrogens is 569 g/mol. The summed E-state index contributed by atoms with van der Waals surface area (Å²) in [6.45, 7) is 5.71. The molecule has 3 aromatic rings. The highest BCUT2D eigenvalue weighted by Crippen LogP contribution is 2.35. The number of pyridine rings is 1. The van der Waals surface area contributed by atoms with Gasteiger partial charge in [-0.2, -0.15) is 4.73 Å². The van der Waals surface area contributed by atoms with E-state index in [-0.39, 0.29) is 29.8 Å². The molecule has 0 aliphatic heterocycles. The molecule has 0 amide bonds. The molecule has 6 nitrogen and oxygen atoms in total. The predicted octanol–water partition coefficient (Wildman–Crippen LogP) is 5.97. The van der Waals surface area contributed by atoms with Crippen molar-refractivity contribution in [1.29, 1.82) is 0 Å². The summed E-state index contributed by atoms with van der Waals surface area (Å²) < 4.78 is 23.6. The molecule has 0 aliphatic rings. The van der Waals surface area contributed by atoms with E-state index in [1.807, 2.05) is 13.8 Å².